The Kier molecular flexibility index (Phi) is 2.60. The number of fused-ring (bicyclic) bond motifs is 1. The van der Waals surface area contributed by atoms with E-state index >= 15 is 0 Å². The molecular formula is C13H9FN2O2S. The highest BCUT2D eigenvalue weighted by Gasteiger charge is 2.19. The summed E-state index contributed by atoms with van der Waals surface area (Å²) in [6.07, 6.45) is 1.37. The average molecular weight is 276 g/mol. The molecule has 0 saturated carbocycles. The molecule has 0 unspecified atom stereocenters. The van der Waals surface area contributed by atoms with Crippen LogP contribution in [0, 0.1) is 5.95 Å². The van der Waals surface area contributed by atoms with Gasteiger partial charge in [-0.3, -0.25) is 0 Å². The van der Waals surface area contributed by atoms with Gasteiger partial charge in [-0.15, -0.1) is 0 Å². The zero-order valence-electron chi connectivity index (χ0n) is 9.69. The lowest BCUT2D eigenvalue weighted by Crippen LogP contribution is -2.12. The fourth-order valence-corrected chi connectivity index (χ4v) is 3.18. The van der Waals surface area contributed by atoms with Gasteiger partial charge in [0.1, 0.15) is 0 Å². The largest absolute Gasteiger partial charge is 0.269 e. The van der Waals surface area contributed by atoms with Crippen molar-refractivity contribution in [2.45, 2.75) is 4.90 Å². The van der Waals surface area contributed by atoms with Gasteiger partial charge in [0.25, 0.3) is 10.0 Å². The Morgan fingerprint density at radius 2 is 1.74 bits per heavy atom. The fourth-order valence-electron chi connectivity index (χ4n) is 1.86. The number of pyridine rings is 1. The third-order valence-corrected chi connectivity index (χ3v) is 4.45. The molecule has 0 spiro atoms. The van der Waals surface area contributed by atoms with Gasteiger partial charge in [0.05, 0.1) is 4.90 Å². The van der Waals surface area contributed by atoms with E-state index in [4.69, 9.17) is 0 Å². The highest BCUT2D eigenvalue weighted by molar-refractivity contribution is 7.90. The van der Waals surface area contributed by atoms with Crippen LogP contribution in [0.2, 0.25) is 0 Å². The van der Waals surface area contributed by atoms with Gasteiger partial charge in [0, 0.05) is 11.6 Å². The topological polar surface area (TPSA) is 52.0 Å². The van der Waals surface area contributed by atoms with Crippen LogP contribution in [0.1, 0.15) is 0 Å². The van der Waals surface area contributed by atoms with E-state index in [0.29, 0.717) is 5.39 Å². The molecular weight excluding hydrogens is 267 g/mol. The fraction of sp³-hybridized carbons (Fsp3) is 0. The summed E-state index contributed by atoms with van der Waals surface area (Å²) in [5.74, 6) is -0.712. The summed E-state index contributed by atoms with van der Waals surface area (Å²) in [6, 6.07) is 12.2. The third kappa shape index (κ3) is 1.90. The zero-order chi connectivity index (χ0) is 13.5. The van der Waals surface area contributed by atoms with Gasteiger partial charge in [0.2, 0.25) is 5.95 Å². The van der Waals surface area contributed by atoms with Crippen molar-refractivity contribution in [3.63, 3.8) is 0 Å². The number of rotatable bonds is 2. The summed E-state index contributed by atoms with van der Waals surface area (Å²) < 4.78 is 39.0. The Labute approximate surface area is 109 Å². The summed E-state index contributed by atoms with van der Waals surface area (Å²) in [5, 5.41) is 0.570. The smallest absolute Gasteiger partial charge is 0.224 e. The molecule has 2 heterocycles. The van der Waals surface area contributed by atoms with Crippen LogP contribution in [0.25, 0.3) is 11.0 Å². The maximum atomic E-state index is 13.2. The number of hydrogen-bond acceptors (Lipinski definition) is 3. The standard InChI is InChI=1S/C13H9FN2O2S/c14-12-7-6-10-8-9-16(13(10)15-12)19(17,18)11-4-2-1-3-5-11/h1-9H. The second-order valence-electron chi connectivity index (χ2n) is 3.98. The first-order valence-corrected chi connectivity index (χ1v) is 6.97. The van der Waals surface area contributed by atoms with Crippen LogP contribution in [0.15, 0.2) is 59.6 Å². The van der Waals surface area contributed by atoms with Gasteiger partial charge in [0.15, 0.2) is 5.65 Å². The number of nitrogens with zero attached hydrogens (tertiary/aromatic N) is 2. The molecule has 3 rings (SSSR count). The van der Waals surface area contributed by atoms with Crippen molar-refractivity contribution in [1.29, 1.82) is 0 Å². The number of aromatic nitrogens is 2. The molecule has 0 radical (unpaired) electrons. The second kappa shape index (κ2) is 4.17. The Morgan fingerprint density at radius 3 is 2.47 bits per heavy atom. The quantitative estimate of drug-likeness (QED) is 0.675. The van der Waals surface area contributed by atoms with Gasteiger partial charge >= 0.3 is 0 Å². The molecule has 3 aromatic rings. The van der Waals surface area contributed by atoms with E-state index in [2.05, 4.69) is 4.98 Å². The highest BCUT2D eigenvalue weighted by atomic mass is 32.2. The van der Waals surface area contributed by atoms with E-state index in [1.165, 1.54) is 30.5 Å². The maximum absolute atomic E-state index is 13.2. The van der Waals surface area contributed by atoms with Gasteiger partial charge in [-0.2, -0.15) is 4.39 Å². The van der Waals surface area contributed by atoms with Crippen LogP contribution < -0.4 is 0 Å². The normalized spacial score (nSPS) is 11.8. The van der Waals surface area contributed by atoms with Crippen LogP contribution in [0.3, 0.4) is 0 Å². The van der Waals surface area contributed by atoms with E-state index < -0.39 is 16.0 Å². The average Bonchev–Trinajstić information content (AvgIpc) is 2.83. The molecule has 19 heavy (non-hydrogen) atoms. The molecule has 6 heteroatoms. The Hall–Kier alpha value is -2.21. The highest BCUT2D eigenvalue weighted by Crippen LogP contribution is 2.20. The SMILES string of the molecule is O=S(=O)(c1ccccc1)n1ccc2ccc(F)nc21. The minimum Gasteiger partial charge on any atom is -0.224 e. The molecule has 0 amide bonds. The van der Waals surface area contributed by atoms with Gasteiger partial charge in [-0.1, -0.05) is 18.2 Å². The minimum atomic E-state index is -3.75. The Balaban J connectivity index is 2.28. The molecule has 0 N–H and O–H groups in total. The predicted octanol–water partition coefficient (Wildman–Crippen LogP) is 2.41. The molecule has 96 valence electrons. The summed E-state index contributed by atoms with van der Waals surface area (Å²) in [4.78, 5) is 3.78. The van der Waals surface area contributed by atoms with E-state index in [-0.39, 0.29) is 10.5 Å². The van der Waals surface area contributed by atoms with Gasteiger partial charge in [-0.05, 0) is 30.3 Å². The van der Waals surface area contributed by atoms with E-state index in [1.54, 1.807) is 24.3 Å². The second-order valence-corrected chi connectivity index (χ2v) is 5.79. The summed E-state index contributed by atoms with van der Waals surface area (Å²) in [7, 11) is -3.75. The van der Waals surface area contributed by atoms with Crippen molar-refractivity contribution in [3.05, 3.63) is 60.7 Å². The van der Waals surface area contributed by atoms with Crippen molar-refractivity contribution in [2.75, 3.05) is 0 Å². The van der Waals surface area contributed by atoms with Crippen LogP contribution >= 0.6 is 0 Å². The van der Waals surface area contributed by atoms with Crippen LogP contribution in [-0.2, 0) is 10.0 Å². The Morgan fingerprint density at radius 1 is 1.00 bits per heavy atom. The molecule has 1 aromatic carbocycles. The maximum Gasteiger partial charge on any atom is 0.269 e. The molecule has 0 atom stereocenters. The van der Waals surface area contributed by atoms with Crippen molar-refractivity contribution >= 4 is 21.1 Å². The van der Waals surface area contributed by atoms with Gasteiger partial charge in [-0.25, -0.2) is 17.4 Å². The predicted molar refractivity (Wildman–Crippen MR) is 68.7 cm³/mol. The number of hydrogen-bond donors (Lipinski definition) is 0. The molecule has 2 aromatic heterocycles. The lowest BCUT2D eigenvalue weighted by atomic mass is 10.3. The Bertz CT molecular complexity index is 841. The monoisotopic (exact) mass is 276 g/mol. The van der Waals surface area contributed by atoms with Gasteiger partial charge < -0.3 is 0 Å². The van der Waals surface area contributed by atoms with Crippen molar-refractivity contribution < 1.29 is 12.8 Å². The van der Waals surface area contributed by atoms with E-state index in [0.717, 1.165) is 3.97 Å². The molecule has 0 fully saturated rings. The lowest BCUT2D eigenvalue weighted by molar-refractivity contribution is 0.582. The van der Waals surface area contributed by atoms with Crippen LogP contribution in [0.4, 0.5) is 4.39 Å². The summed E-state index contributed by atoms with van der Waals surface area (Å²) in [6.45, 7) is 0. The molecule has 0 aliphatic carbocycles. The first-order valence-electron chi connectivity index (χ1n) is 5.53. The van der Waals surface area contributed by atoms with Crippen LogP contribution in [0.5, 0.6) is 0 Å². The van der Waals surface area contributed by atoms with E-state index in [9.17, 15) is 12.8 Å². The zero-order valence-corrected chi connectivity index (χ0v) is 10.5. The van der Waals surface area contributed by atoms with Crippen molar-refractivity contribution in [2.24, 2.45) is 0 Å². The van der Waals surface area contributed by atoms with Crippen LogP contribution in [-0.4, -0.2) is 17.4 Å². The summed E-state index contributed by atoms with van der Waals surface area (Å²) in [5.41, 5.74) is 0.0869. The third-order valence-electron chi connectivity index (χ3n) is 2.77. The first kappa shape index (κ1) is 11.9. The number of benzene rings is 1. The number of halogens is 1. The molecule has 0 aliphatic heterocycles. The van der Waals surface area contributed by atoms with E-state index in [1.807, 2.05) is 0 Å². The molecule has 4 nitrogen and oxygen atoms in total. The van der Waals surface area contributed by atoms with Crippen molar-refractivity contribution in [1.82, 2.24) is 8.96 Å². The summed E-state index contributed by atoms with van der Waals surface area (Å²) >= 11 is 0. The minimum absolute atomic E-state index is 0.0869. The first-order chi connectivity index (χ1) is 9.09. The van der Waals surface area contributed by atoms with Crippen molar-refractivity contribution in [3.8, 4) is 0 Å². The molecule has 0 aliphatic rings. The lowest BCUT2D eigenvalue weighted by Gasteiger charge is -2.06. The molecule has 0 bridgehead atoms. The molecule has 0 saturated heterocycles.